The van der Waals surface area contributed by atoms with Gasteiger partial charge in [0.1, 0.15) is 0 Å². The molecule has 0 atom stereocenters. The molecule has 16 heavy (non-hydrogen) atoms. The molecule has 1 rings (SSSR count). The molecule has 0 bridgehead atoms. The van der Waals surface area contributed by atoms with Crippen molar-refractivity contribution in [3.05, 3.63) is 27.7 Å². The first-order chi connectivity index (χ1) is 7.36. The van der Waals surface area contributed by atoms with Crippen molar-refractivity contribution in [2.24, 2.45) is 11.1 Å². The van der Waals surface area contributed by atoms with Crippen molar-refractivity contribution >= 4 is 39.1 Å². The highest BCUT2D eigenvalue weighted by atomic mass is 79.9. The van der Waals surface area contributed by atoms with Gasteiger partial charge in [-0.3, -0.25) is 4.79 Å². The van der Waals surface area contributed by atoms with Crippen molar-refractivity contribution in [2.75, 3.05) is 11.9 Å². The Labute approximate surface area is 108 Å². The summed E-state index contributed by atoms with van der Waals surface area (Å²) in [4.78, 5) is 11.8. The smallest absolute Gasteiger partial charge is 0.231 e. The van der Waals surface area contributed by atoms with Crippen LogP contribution in [0, 0.1) is 5.41 Å². The number of hydrogen-bond donors (Lipinski definition) is 2. The summed E-state index contributed by atoms with van der Waals surface area (Å²) in [6.45, 7) is 3.88. The average Bonchev–Trinajstić information content (AvgIpc) is 2.23. The number of carbonyl (C=O) groups is 1. The van der Waals surface area contributed by atoms with E-state index in [2.05, 4.69) is 21.2 Å². The van der Waals surface area contributed by atoms with Crippen LogP contribution in [0.15, 0.2) is 22.7 Å². The number of nitrogens with one attached hydrogen (secondary N) is 1. The maximum Gasteiger partial charge on any atom is 0.231 e. The van der Waals surface area contributed by atoms with Crippen LogP contribution in [-0.2, 0) is 4.79 Å². The number of hydrogen-bond acceptors (Lipinski definition) is 2. The topological polar surface area (TPSA) is 55.1 Å². The molecule has 1 aromatic rings. The molecule has 0 heterocycles. The van der Waals surface area contributed by atoms with Crippen molar-refractivity contribution in [1.29, 1.82) is 0 Å². The Morgan fingerprint density at radius 2 is 2.19 bits per heavy atom. The van der Waals surface area contributed by atoms with Gasteiger partial charge >= 0.3 is 0 Å². The minimum atomic E-state index is -0.584. The van der Waals surface area contributed by atoms with Gasteiger partial charge in [-0.15, -0.1) is 0 Å². The summed E-state index contributed by atoms with van der Waals surface area (Å²) < 4.78 is 0.797. The molecule has 0 spiro atoms. The van der Waals surface area contributed by atoms with Crippen LogP contribution in [0.25, 0.3) is 0 Å². The Kier molecular flexibility index (Phi) is 4.35. The molecular weight excluding hydrogens is 291 g/mol. The molecule has 0 aliphatic rings. The fraction of sp³-hybridized carbons (Fsp3) is 0.364. The highest BCUT2D eigenvalue weighted by molar-refractivity contribution is 9.10. The predicted molar refractivity (Wildman–Crippen MR) is 70.6 cm³/mol. The highest BCUT2D eigenvalue weighted by Crippen LogP contribution is 2.26. The molecule has 88 valence electrons. The zero-order chi connectivity index (χ0) is 12.3. The largest absolute Gasteiger partial charge is 0.329 e. The zero-order valence-electron chi connectivity index (χ0n) is 9.18. The second-order valence-corrected chi connectivity index (χ2v) is 5.43. The molecule has 1 amide bonds. The third kappa shape index (κ3) is 3.20. The molecule has 0 fully saturated rings. The average molecular weight is 306 g/mol. The van der Waals surface area contributed by atoms with E-state index >= 15 is 0 Å². The minimum absolute atomic E-state index is 0.117. The number of rotatable bonds is 3. The molecule has 5 heteroatoms. The fourth-order valence-electron chi connectivity index (χ4n) is 0.967. The molecule has 0 saturated heterocycles. The van der Waals surface area contributed by atoms with Gasteiger partial charge in [0.15, 0.2) is 0 Å². The Morgan fingerprint density at radius 1 is 1.56 bits per heavy atom. The molecule has 0 saturated carbocycles. The first-order valence-electron chi connectivity index (χ1n) is 4.83. The van der Waals surface area contributed by atoms with E-state index in [1.807, 2.05) is 0 Å². The number of benzene rings is 1. The third-order valence-electron chi connectivity index (χ3n) is 2.30. The van der Waals surface area contributed by atoms with Gasteiger partial charge in [-0.1, -0.05) is 11.6 Å². The lowest BCUT2D eigenvalue weighted by Crippen LogP contribution is -2.37. The normalized spacial score (nSPS) is 11.3. The molecule has 1 aromatic carbocycles. The molecule has 0 radical (unpaired) electrons. The van der Waals surface area contributed by atoms with Gasteiger partial charge in [0.2, 0.25) is 5.91 Å². The lowest BCUT2D eigenvalue weighted by Gasteiger charge is -2.21. The van der Waals surface area contributed by atoms with E-state index in [1.165, 1.54) is 0 Å². The van der Waals surface area contributed by atoms with Gasteiger partial charge in [-0.2, -0.15) is 0 Å². The van der Waals surface area contributed by atoms with Crippen LogP contribution >= 0.6 is 27.5 Å². The van der Waals surface area contributed by atoms with Gasteiger partial charge in [-0.05, 0) is 48.0 Å². The van der Waals surface area contributed by atoms with E-state index in [0.29, 0.717) is 17.3 Å². The van der Waals surface area contributed by atoms with Gasteiger partial charge in [0, 0.05) is 16.7 Å². The Hall–Kier alpha value is -0.580. The summed E-state index contributed by atoms with van der Waals surface area (Å²) in [6.07, 6.45) is 0. The molecule has 3 N–H and O–H groups in total. The fourth-order valence-corrected chi connectivity index (χ4v) is 1.39. The van der Waals surface area contributed by atoms with E-state index < -0.39 is 5.41 Å². The summed E-state index contributed by atoms with van der Waals surface area (Å²) in [5, 5.41) is 3.34. The maximum atomic E-state index is 11.8. The van der Waals surface area contributed by atoms with Gasteiger partial charge in [0.25, 0.3) is 0 Å². The van der Waals surface area contributed by atoms with Gasteiger partial charge in [-0.25, -0.2) is 0 Å². The standard InChI is InChI=1S/C11H14BrClN2O/c1-11(2,6-14)10(16)15-7-3-4-8(12)9(13)5-7/h3-5H,6,14H2,1-2H3,(H,15,16). The molecule has 0 unspecified atom stereocenters. The van der Waals surface area contributed by atoms with Crippen molar-refractivity contribution in [3.63, 3.8) is 0 Å². The van der Waals surface area contributed by atoms with Crippen LogP contribution in [0.4, 0.5) is 5.69 Å². The van der Waals surface area contributed by atoms with E-state index in [4.69, 9.17) is 17.3 Å². The summed E-state index contributed by atoms with van der Waals surface area (Å²) in [5.74, 6) is -0.117. The molecule has 3 nitrogen and oxygen atoms in total. The second-order valence-electron chi connectivity index (χ2n) is 4.17. The van der Waals surface area contributed by atoms with E-state index in [-0.39, 0.29) is 5.91 Å². The number of amides is 1. The van der Waals surface area contributed by atoms with E-state index in [1.54, 1.807) is 32.0 Å². The summed E-state index contributed by atoms with van der Waals surface area (Å²) in [5.41, 5.74) is 5.60. The van der Waals surface area contributed by atoms with Crippen molar-refractivity contribution in [3.8, 4) is 0 Å². The number of anilines is 1. The van der Waals surface area contributed by atoms with Crippen LogP contribution in [0.2, 0.25) is 5.02 Å². The Morgan fingerprint density at radius 3 is 2.69 bits per heavy atom. The lowest BCUT2D eigenvalue weighted by molar-refractivity contribution is -0.123. The van der Waals surface area contributed by atoms with Gasteiger partial charge < -0.3 is 11.1 Å². The van der Waals surface area contributed by atoms with Gasteiger partial charge in [0.05, 0.1) is 10.4 Å². The predicted octanol–water partition coefficient (Wildman–Crippen LogP) is 3.03. The van der Waals surface area contributed by atoms with Crippen molar-refractivity contribution in [1.82, 2.24) is 0 Å². The summed E-state index contributed by atoms with van der Waals surface area (Å²) in [7, 11) is 0. The molecule has 0 aliphatic carbocycles. The number of halogens is 2. The Bertz CT molecular complexity index is 407. The molecule has 0 aromatic heterocycles. The van der Waals surface area contributed by atoms with Crippen LogP contribution in [0.3, 0.4) is 0 Å². The van der Waals surface area contributed by atoms with E-state index in [9.17, 15) is 4.79 Å². The second kappa shape index (κ2) is 5.17. The minimum Gasteiger partial charge on any atom is -0.329 e. The van der Waals surface area contributed by atoms with Crippen molar-refractivity contribution in [2.45, 2.75) is 13.8 Å². The van der Waals surface area contributed by atoms with Crippen LogP contribution < -0.4 is 11.1 Å². The highest BCUT2D eigenvalue weighted by Gasteiger charge is 2.25. The molecule has 0 aliphatic heterocycles. The lowest BCUT2D eigenvalue weighted by atomic mass is 9.92. The van der Waals surface area contributed by atoms with E-state index in [0.717, 1.165) is 4.47 Å². The first-order valence-corrected chi connectivity index (χ1v) is 6.00. The molecular formula is C11H14BrClN2O. The Balaban J connectivity index is 2.82. The SMILES string of the molecule is CC(C)(CN)C(=O)Nc1ccc(Br)c(Cl)c1. The van der Waals surface area contributed by atoms with Crippen LogP contribution in [0.5, 0.6) is 0 Å². The monoisotopic (exact) mass is 304 g/mol. The maximum absolute atomic E-state index is 11.8. The summed E-state index contributed by atoms with van der Waals surface area (Å²) >= 11 is 9.21. The number of nitrogens with two attached hydrogens (primary N) is 1. The van der Waals surface area contributed by atoms with Crippen LogP contribution in [-0.4, -0.2) is 12.5 Å². The first kappa shape index (κ1) is 13.5. The quantitative estimate of drug-likeness (QED) is 0.902. The summed E-state index contributed by atoms with van der Waals surface area (Å²) in [6, 6.07) is 5.25. The third-order valence-corrected chi connectivity index (χ3v) is 3.53. The van der Waals surface area contributed by atoms with Crippen LogP contribution in [0.1, 0.15) is 13.8 Å². The number of carbonyl (C=O) groups excluding carboxylic acids is 1. The van der Waals surface area contributed by atoms with Crippen molar-refractivity contribution < 1.29 is 4.79 Å². The zero-order valence-corrected chi connectivity index (χ0v) is 11.5.